The molecule has 1 saturated carbocycles. The van der Waals surface area contributed by atoms with Crippen molar-refractivity contribution < 1.29 is 9.47 Å². The number of fused-ring (bicyclic) bond motifs is 1. The van der Waals surface area contributed by atoms with Crippen LogP contribution in [0.4, 0.5) is 5.69 Å². The van der Waals surface area contributed by atoms with Crippen molar-refractivity contribution in [2.24, 2.45) is 5.92 Å². The molecule has 134 valence electrons. The van der Waals surface area contributed by atoms with E-state index in [4.69, 9.17) is 21.1 Å². The molecule has 0 saturated heterocycles. The highest BCUT2D eigenvalue weighted by atomic mass is 35.5. The second-order valence-corrected chi connectivity index (χ2v) is 6.94. The van der Waals surface area contributed by atoms with E-state index in [1.807, 2.05) is 36.4 Å². The Hall–Kier alpha value is -2.46. The zero-order chi connectivity index (χ0) is 17.9. The molecule has 4 rings (SSSR count). The summed E-state index contributed by atoms with van der Waals surface area (Å²) in [6.07, 6.45) is 2.50. The molecule has 0 aliphatic heterocycles. The predicted molar refractivity (Wildman–Crippen MR) is 106 cm³/mol. The van der Waals surface area contributed by atoms with Crippen molar-refractivity contribution >= 4 is 28.2 Å². The average molecular weight is 369 g/mol. The number of nitrogens with zero attached hydrogens (tertiary/aromatic N) is 1. The number of pyridine rings is 1. The van der Waals surface area contributed by atoms with Gasteiger partial charge in [-0.25, -0.2) is 4.98 Å². The third kappa shape index (κ3) is 4.02. The van der Waals surface area contributed by atoms with E-state index in [1.165, 1.54) is 12.8 Å². The van der Waals surface area contributed by atoms with Crippen LogP contribution in [0.5, 0.6) is 17.4 Å². The molecule has 1 N–H and O–H groups in total. The van der Waals surface area contributed by atoms with Gasteiger partial charge in [0, 0.05) is 29.8 Å². The molecule has 1 heterocycles. The summed E-state index contributed by atoms with van der Waals surface area (Å²) in [7, 11) is 0. The summed E-state index contributed by atoms with van der Waals surface area (Å²) in [5.74, 6) is 2.58. The summed E-state index contributed by atoms with van der Waals surface area (Å²) < 4.78 is 11.6. The lowest BCUT2D eigenvalue weighted by Crippen LogP contribution is -1.99. The zero-order valence-electron chi connectivity index (χ0n) is 14.7. The van der Waals surface area contributed by atoms with Gasteiger partial charge >= 0.3 is 0 Å². The minimum Gasteiger partial charge on any atom is -0.492 e. The van der Waals surface area contributed by atoms with Crippen molar-refractivity contribution in [1.82, 2.24) is 4.98 Å². The van der Waals surface area contributed by atoms with Crippen LogP contribution in [0.2, 0.25) is 5.02 Å². The lowest BCUT2D eigenvalue weighted by molar-refractivity contribution is 0.299. The molecule has 0 bridgehead atoms. The van der Waals surface area contributed by atoms with Gasteiger partial charge in [-0.3, -0.25) is 0 Å². The molecule has 0 amide bonds. The van der Waals surface area contributed by atoms with Crippen molar-refractivity contribution in [1.29, 1.82) is 0 Å². The predicted octanol–water partition coefficient (Wildman–Crippen LogP) is 5.90. The maximum atomic E-state index is 6.31. The summed E-state index contributed by atoms with van der Waals surface area (Å²) in [4.78, 5) is 4.57. The molecule has 0 spiro atoms. The number of rotatable bonds is 7. The number of anilines is 1. The monoisotopic (exact) mass is 368 g/mol. The topological polar surface area (TPSA) is 43.4 Å². The largest absolute Gasteiger partial charge is 0.492 e. The lowest BCUT2D eigenvalue weighted by atomic mass is 10.2. The van der Waals surface area contributed by atoms with Gasteiger partial charge in [-0.15, -0.1) is 0 Å². The van der Waals surface area contributed by atoms with Crippen LogP contribution in [0.1, 0.15) is 19.8 Å². The summed E-state index contributed by atoms with van der Waals surface area (Å²) >= 11 is 6.31. The second-order valence-electron chi connectivity index (χ2n) is 6.54. The lowest BCUT2D eigenvalue weighted by Gasteiger charge is -2.10. The number of benzene rings is 2. The van der Waals surface area contributed by atoms with Gasteiger partial charge in [0.2, 0.25) is 5.88 Å². The Morgan fingerprint density at radius 2 is 2.00 bits per heavy atom. The van der Waals surface area contributed by atoms with Gasteiger partial charge in [0.1, 0.15) is 11.5 Å². The van der Waals surface area contributed by atoms with Gasteiger partial charge in [-0.1, -0.05) is 11.6 Å². The highest BCUT2D eigenvalue weighted by molar-refractivity contribution is 6.32. The quantitative estimate of drug-likeness (QED) is 0.563. The van der Waals surface area contributed by atoms with Crippen LogP contribution in [-0.4, -0.2) is 18.1 Å². The van der Waals surface area contributed by atoms with E-state index < -0.39 is 0 Å². The van der Waals surface area contributed by atoms with Crippen molar-refractivity contribution in [3.8, 4) is 17.4 Å². The van der Waals surface area contributed by atoms with E-state index in [1.54, 1.807) is 6.07 Å². The normalized spacial score (nSPS) is 13.6. The van der Waals surface area contributed by atoms with Crippen molar-refractivity contribution in [2.75, 3.05) is 18.5 Å². The molecule has 5 heteroatoms. The Labute approximate surface area is 158 Å². The van der Waals surface area contributed by atoms with Gasteiger partial charge in [-0.2, -0.15) is 0 Å². The van der Waals surface area contributed by atoms with E-state index in [9.17, 15) is 0 Å². The highest BCUT2D eigenvalue weighted by Crippen LogP contribution is 2.34. The second kappa shape index (κ2) is 7.42. The first-order valence-corrected chi connectivity index (χ1v) is 9.34. The van der Waals surface area contributed by atoms with Crippen LogP contribution in [0.25, 0.3) is 10.9 Å². The van der Waals surface area contributed by atoms with E-state index in [-0.39, 0.29) is 0 Å². The Balaban J connectivity index is 1.49. The Morgan fingerprint density at radius 3 is 2.77 bits per heavy atom. The smallest absolute Gasteiger partial charge is 0.219 e. The average Bonchev–Trinajstić information content (AvgIpc) is 3.46. The fourth-order valence-corrected chi connectivity index (χ4v) is 2.98. The fraction of sp³-hybridized carbons (Fsp3) is 0.286. The minimum absolute atomic E-state index is 0.538. The first-order chi connectivity index (χ1) is 12.7. The molecule has 0 atom stereocenters. The summed E-state index contributed by atoms with van der Waals surface area (Å²) in [5.41, 5.74) is 1.98. The van der Waals surface area contributed by atoms with Crippen LogP contribution in [0, 0.1) is 5.92 Å². The van der Waals surface area contributed by atoms with Gasteiger partial charge in [-0.05, 0) is 62.1 Å². The van der Waals surface area contributed by atoms with Gasteiger partial charge in [0.25, 0.3) is 0 Å². The van der Waals surface area contributed by atoms with Crippen LogP contribution >= 0.6 is 11.6 Å². The molecule has 0 radical (unpaired) electrons. The van der Waals surface area contributed by atoms with Crippen LogP contribution in [0.15, 0.2) is 48.5 Å². The minimum atomic E-state index is 0.538. The van der Waals surface area contributed by atoms with Crippen LogP contribution < -0.4 is 14.8 Å². The molecule has 1 fully saturated rings. The summed E-state index contributed by atoms with van der Waals surface area (Å²) in [5, 5.41) is 4.92. The molecule has 1 aromatic heterocycles. The number of halogens is 1. The molecule has 1 aliphatic carbocycles. The number of hydrogen-bond donors (Lipinski definition) is 1. The molecule has 0 unspecified atom stereocenters. The van der Waals surface area contributed by atoms with Crippen LogP contribution in [-0.2, 0) is 0 Å². The Kier molecular flexibility index (Phi) is 4.85. The first-order valence-electron chi connectivity index (χ1n) is 8.96. The number of aromatic nitrogens is 1. The maximum absolute atomic E-state index is 6.31. The maximum Gasteiger partial charge on any atom is 0.219 e. The van der Waals surface area contributed by atoms with Gasteiger partial charge < -0.3 is 14.8 Å². The molecule has 1 aliphatic rings. The van der Waals surface area contributed by atoms with Gasteiger partial charge in [0.05, 0.1) is 17.1 Å². The standard InChI is InChI=1S/C21H21ClN2O2/c1-2-23-16-6-8-19-15(11-16)5-10-21(24-19)26-17-7-9-20(18(22)12-17)25-13-14-3-4-14/h5-12,14,23H,2-4,13H2,1H3. The molecule has 4 nitrogen and oxygen atoms in total. The molecule has 3 aromatic rings. The molecule has 26 heavy (non-hydrogen) atoms. The van der Waals surface area contributed by atoms with Gasteiger partial charge in [0.15, 0.2) is 0 Å². The number of nitrogens with one attached hydrogen (secondary N) is 1. The molecular weight excluding hydrogens is 348 g/mol. The Bertz CT molecular complexity index is 925. The van der Waals surface area contributed by atoms with E-state index >= 15 is 0 Å². The first kappa shape index (κ1) is 17.0. The zero-order valence-corrected chi connectivity index (χ0v) is 15.4. The Morgan fingerprint density at radius 1 is 1.12 bits per heavy atom. The van der Waals surface area contributed by atoms with Crippen molar-refractivity contribution in [3.63, 3.8) is 0 Å². The van der Waals surface area contributed by atoms with Crippen LogP contribution in [0.3, 0.4) is 0 Å². The summed E-state index contributed by atoms with van der Waals surface area (Å²) in [6.45, 7) is 3.70. The SMILES string of the molecule is CCNc1ccc2nc(Oc3ccc(OCC4CC4)c(Cl)c3)ccc2c1. The third-order valence-corrected chi connectivity index (χ3v) is 4.64. The van der Waals surface area contributed by atoms with Crippen molar-refractivity contribution in [3.05, 3.63) is 53.6 Å². The third-order valence-electron chi connectivity index (χ3n) is 4.34. The molecular formula is C21H21ClN2O2. The number of hydrogen-bond acceptors (Lipinski definition) is 4. The fourth-order valence-electron chi connectivity index (χ4n) is 2.75. The number of ether oxygens (including phenoxy) is 2. The van der Waals surface area contributed by atoms with E-state index in [0.717, 1.165) is 29.7 Å². The highest BCUT2D eigenvalue weighted by Gasteiger charge is 2.22. The van der Waals surface area contributed by atoms with E-state index in [2.05, 4.69) is 23.3 Å². The van der Waals surface area contributed by atoms with Crippen molar-refractivity contribution in [2.45, 2.75) is 19.8 Å². The molecule has 2 aromatic carbocycles. The van der Waals surface area contributed by atoms with E-state index in [0.29, 0.717) is 28.3 Å². The summed E-state index contributed by atoms with van der Waals surface area (Å²) in [6, 6.07) is 15.4.